The number of aromatic nitrogens is 3. The molecule has 10 rings (SSSR count). The lowest BCUT2D eigenvalue weighted by atomic mass is 9.70. The Balaban J connectivity index is 1.22. The molecule has 8 aromatic rings. The minimum absolute atomic E-state index is 0.471. The first-order valence-corrected chi connectivity index (χ1v) is 17.5. The molecule has 6 aromatic carbocycles. The molecule has 2 aliphatic rings. The maximum absolute atomic E-state index is 5.07. The van der Waals surface area contributed by atoms with Gasteiger partial charge in [-0.2, -0.15) is 0 Å². The molecule has 240 valence electrons. The Hall–Kier alpha value is -6.45. The van der Waals surface area contributed by atoms with E-state index in [0.29, 0.717) is 0 Å². The largest absolute Gasteiger partial charge is 0.264 e. The number of hydrogen-bond donors (Lipinski definition) is 0. The summed E-state index contributed by atoms with van der Waals surface area (Å²) >= 11 is 0. The average molecular weight is 652 g/mol. The number of aryl methyl sites for hydroxylation is 2. The fraction of sp³-hybridized carbons (Fsp3) is 0.0625. The first-order chi connectivity index (χ1) is 25.1. The summed E-state index contributed by atoms with van der Waals surface area (Å²) < 4.78 is 0. The van der Waals surface area contributed by atoms with E-state index < -0.39 is 5.41 Å². The minimum atomic E-state index is -0.471. The highest BCUT2D eigenvalue weighted by Gasteiger charge is 2.52. The van der Waals surface area contributed by atoms with Crippen molar-refractivity contribution in [3.05, 3.63) is 198 Å². The van der Waals surface area contributed by atoms with Crippen molar-refractivity contribution in [2.45, 2.75) is 19.3 Å². The highest BCUT2D eigenvalue weighted by atomic mass is 14.9. The van der Waals surface area contributed by atoms with Crippen molar-refractivity contribution in [2.75, 3.05) is 0 Å². The fourth-order valence-corrected chi connectivity index (χ4v) is 8.65. The molecule has 2 aromatic heterocycles. The number of nitrogens with zero attached hydrogens (tertiary/aromatic N) is 3. The molecule has 0 aliphatic heterocycles. The smallest absolute Gasteiger partial charge is 0.126 e. The van der Waals surface area contributed by atoms with Crippen molar-refractivity contribution in [3.63, 3.8) is 0 Å². The lowest BCUT2D eigenvalue weighted by Gasteiger charge is -2.31. The molecular formula is C48H33N3. The van der Waals surface area contributed by atoms with Crippen LogP contribution in [0.1, 0.15) is 33.6 Å². The van der Waals surface area contributed by atoms with Gasteiger partial charge < -0.3 is 0 Å². The fourth-order valence-electron chi connectivity index (χ4n) is 8.65. The second-order valence-electron chi connectivity index (χ2n) is 13.6. The Kier molecular flexibility index (Phi) is 6.53. The Morgan fingerprint density at radius 1 is 0.412 bits per heavy atom. The molecule has 0 N–H and O–H groups in total. The second kappa shape index (κ2) is 11.3. The van der Waals surface area contributed by atoms with Crippen LogP contribution in [0.5, 0.6) is 0 Å². The number of benzene rings is 6. The van der Waals surface area contributed by atoms with Gasteiger partial charge in [-0.25, -0.2) is 9.97 Å². The molecule has 0 radical (unpaired) electrons. The topological polar surface area (TPSA) is 38.7 Å². The quantitative estimate of drug-likeness (QED) is 0.190. The molecule has 0 unspecified atom stereocenters. The van der Waals surface area contributed by atoms with Gasteiger partial charge in [-0.3, -0.25) is 4.98 Å². The van der Waals surface area contributed by atoms with Crippen molar-refractivity contribution in [1.82, 2.24) is 15.0 Å². The Labute approximate surface area is 298 Å². The van der Waals surface area contributed by atoms with Crippen molar-refractivity contribution < 1.29 is 0 Å². The Morgan fingerprint density at radius 2 is 1.04 bits per heavy atom. The van der Waals surface area contributed by atoms with E-state index in [1.54, 1.807) is 0 Å². The van der Waals surface area contributed by atoms with E-state index in [4.69, 9.17) is 9.97 Å². The van der Waals surface area contributed by atoms with Crippen LogP contribution in [-0.2, 0) is 5.41 Å². The zero-order valence-corrected chi connectivity index (χ0v) is 28.4. The van der Waals surface area contributed by atoms with Crippen LogP contribution in [0, 0.1) is 13.8 Å². The summed E-state index contributed by atoms with van der Waals surface area (Å²) in [6, 6.07) is 55.4. The standard InChI is InChI=1S/C48H33N3/c1-30-25-26-49-29-40(30)33-21-19-32(20-22-33)35-23-24-38-44(27-35)48(41-16-8-6-13-36(41)37-14-7-9-17-42(37)48)43-18-10-15-39(47(38)43)46-28-45(50-31(2)51-46)34-11-4-3-5-12-34/h3-29H,1-2H3. The van der Waals surface area contributed by atoms with E-state index in [1.165, 1.54) is 66.8 Å². The third-order valence-electron chi connectivity index (χ3n) is 10.9. The van der Waals surface area contributed by atoms with E-state index in [2.05, 4.69) is 158 Å². The minimum Gasteiger partial charge on any atom is -0.264 e. The van der Waals surface area contributed by atoms with Gasteiger partial charge in [0.05, 0.1) is 16.8 Å². The summed E-state index contributed by atoms with van der Waals surface area (Å²) in [6.07, 6.45) is 3.81. The van der Waals surface area contributed by atoms with Crippen molar-refractivity contribution in [1.29, 1.82) is 0 Å². The molecule has 3 heteroatoms. The van der Waals surface area contributed by atoms with Crippen LogP contribution in [0.2, 0.25) is 0 Å². The summed E-state index contributed by atoms with van der Waals surface area (Å²) in [6.45, 7) is 4.13. The predicted molar refractivity (Wildman–Crippen MR) is 207 cm³/mol. The van der Waals surface area contributed by atoms with E-state index in [9.17, 15) is 0 Å². The predicted octanol–water partition coefficient (Wildman–Crippen LogP) is 11.5. The van der Waals surface area contributed by atoms with E-state index in [1.807, 2.05) is 25.4 Å². The summed E-state index contributed by atoms with van der Waals surface area (Å²) in [5.74, 6) is 0.758. The Bertz CT molecular complexity index is 2610. The third kappa shape index (κ3) is 4.34. The molecule has 0 saturated carbocycles. The molecule has 0 bridgehead atoms. The monoisotopic (exact) mass is 651 g/mol. The van der Waals surface area contributed by atoms with Crippen LogP contribution in [0.25, 0.3) is 67.0 Å². The zero-order valence-electron chi connectivity index (χ0n) is 28.4. The first-order valence-electron chi connectivity index (χ1n) is 17.5. The van der Waals surface area contributed by atoms with Gasteiger partial charge in [-0.15, -0.1) is 0 Å². The highest BCUT2D eigenvalue weighted by molar-refractivity contribution is 6.00. The van der Waals surface area contributed by atoms with Gasteiger partial charge in [0.15, 0.2) is 0 Å². The molecule has 2 aliphatic carbocycles. The van der Waals surface area contributed by atoms with Crippen molar-refractivity contribution in [2.24, 2.45) is 0 Å². The van der Waals surface area contributed by atoms with Crippen LogP contribution in [0.4, 0.5) is 0 Å². The van der Waals surface area contributed by atoms with Gasteiger partial charge in [0, 0.05) is 29.1 Å². The van der Waals surface area contributed by atoms with Crippen LogP contribution in [-0.4, -0.2) is 15.0 Å². The van der Waals surface area contributed by atoms with E-state index >= 15 is 0 Å². The third-order valence-corrected chi connectivity index (χ3v) is 10.9. The summed E-state index contributed by atoms with van der Waals surface area (Å²) in [5.41, 5.74) is 19.9. The average Bonchev–Trinajstić information content (AvgIpc) is 3.65. The van der Waals surface area contributed by atoms with Crippen molar-refractivity contribution >= 4 is 0 Å². The van der Waals surface area contributed by atoms with Gasteiger partial charge >= 0.3 is 0 Å². The van der Waals surface area contributed by atoms with Gasteiger partial charge in [-0.1, -0.05) is 133 Å². The van der Waals surface area contributed by atoms with Crippen LogP contribution in [0.15, 0.2) is 164 Å². The molecule has 1 spiro atoms. The zero-order chi connectivity index (χ0) is 34.1. The number of rotatable bonds is 4. The summed E-state index contributed by atoms with van der Waals surface area (Å²) in [7, 11) is 0. The normalized spacial score (nSPS) is 13.1. The van der Waals surface area contributed by atoms with Gasteiger partial charge in [0.25, 0.3) is 0 Å². The highest BCUT2D eigenvalue weighted by Crippen LogP contribution is 2.64. The number of fused-ring (bicyclic) bond motifs is 10. The lowest BCUT2D eigenvalue weighted by Crippen LogP contribution is -2.25. The molecule has 3 nitrogen and oxygen atoms in total. The van der Waals surface area contributed by atoms with E-state index in [0.717, 1.165) is 33.9 Å². The first kappa shape index (κ1) is 29.5. The van der Waals surface area contributed by atoms with Gasteiger partial charge in [-0.05, 0) is 98.8 Å². The van der Waals surface area contributed by atoms with E-state index in [-0.39, 0.29) is 0 Å². The SMILES string of the molecule is Cc1nc(-c2ccccc2)cc(-c2cccc3c2-c2ccc(-c4ccc(-c5cnccc5C)cc4)cc2C32c3ccccc3-c3ccccc32)n1. The molecule has 0 fully saturated rings. The molecule has 0 saturated heterocycles. The maximum atomic E-state index is 5.07. The maximum Gasteiger partial charge on any atom is 0.126 e. The molecule has 51 heavy (non-hydrogen) atoms. The van der Waals surface area contributed by atoms with Gasteiger partial charge in [0.1, 0.15) is 5.82 Å². The summed E-state index contributed by atoms with van der Waals surface area (Å²) in [4.78, 5) is 14.3. The van der Waals surface area contributed by atoms with Crippen LogP contribution in [0.3, 0.4) is 0 Å². The number of pyridine rings is 1. The van der Waals surface area contributed by atoms with Crippen LogP contribution < -0.4 is 0 Å². The van der Waals surface area contributed by atoms with Crippen molar-refractivity contribution in [3.8, 4) is 67.0 Å². The van der Waals surface area contributed by atoms with Crippen LogP contribution >= 0.6 is 0 Å². The molecular weight excluding hydrogens is 619 g/mol. The second-order valence-corrected chi connectivity index (χ2v) is 13.6. The molecule has 0 amide bonds. The van der Waals surface area contributed by atoms with Gasteiger partial charge in [0.2, 0.25) is 0 Å². The summed E-state index contributed by atoms with van der Waals surface area (Å²) in [5, 5.41) is 0. The Morgan fingerprint density at radius 3 is 1.78 bits per heavy atom. The molecule has 2 heterocycles. The molecule has 0 atom stereocenters. The lowest BCUT2D eigenvalue weighted by molar-refractivity contribution is 0.794. The number of hydrogen-bond acceptors (Lipinski definition) is 3.